The molecule has 0 atom stereocenters. The number of nitrogens with zero attached hydrogens (tertiary/aromatic N) is 1. The molecule has 3 aliphatic carbocycles. The Morgan fingerprint density at radius 2 is 0.931 bits per heavy atom. The van der Waals surface area contributed by atoms with E-state index in [2.05, 4.69) is 205 Å². The van der Waals surface area contributed by atoms with Crippen molar-refractivity contribution in [2.45, 2.75) is 42.9 Å². The minimum absolute atomic E-state index is 0.0313. The minimum atomic E-state index is -0.499. The average Bonchev–Trinajstić information content (AvgIpc) is 3.75. The second kappa shape index (κ2) is 12.9. The van der Waals surface area contributed by atoms with Crippen LogP contribution in [0.15, 0.2) is 200 Å². The van der Waals surface area contributed by atoms with Gasteiger partial charge in [-0.25, -0.2) is 0 Å². The third-order valence-electron chi connectivity index (χ3n) is 13.9. The van der Waals surface area contributed by atoms with E-state index in [1.165, 1.54) is 126 Å². The molecule has 0 saturated heterocycles. The van der Waals surface area contributed by atoms with Crippen molar-refractivity contribution in [1.29, 1.82) is 0 Å². The van der Waals surface area contributed by atoms with Gasteiger partial charge in [-0.05, 0) is 109 Å². The molecule has 0 N–H and O–H groups in total. The zero-order valence-electron chi connectivity index (χ0n) is 32.5. The number of hydrogen-bond acceptors (Lipinski definition) is 1. The van der Waals surface area contributed by atoms with Gasteiger partial charge in [0.2, 0.25) is 0 Å². The molecule has 58 heavy (non-hydrogen) atoms. The van der Waals surface area contributed by atoms with Crippen LogP contribution in [0.2, 0.25) is 0 Å². The van der Waals surface area contributed by atoms with Gasteiger partial charge >= 0.3 is 0 Å². The Kier molecular flexibility index (Phi) is 7.45. The van der Waals surface area contributed by atoms with E-state index in [1.807, 2.05) is 0 Å². The Labute approximate surface area is 340 Å². The first-order chi connectivity index (χ1) is 28.8. The molecular weight excluding hydrogens is 699 g/mol. The van der Waals surface area contributed by atoms with Crippen molar-refractivity contribution in [3.05, 3.63) is 234 Å². The molecular formula is C57H43N. The first kappa shape index (κ1) is 33.4. The summed E-state index contributed by atoms with van der Waals surface area (Å²) in [5.74, 6) is 0. The van der Waals surface area contributed by atoms with Gasteiger partial charge in [-0.1, -0.05) is 195 Å². The van der Waals surface area contributed by atoms with Gasteiger partial charge in [0.1, 0.15) is 0 Å². The molecule has 3 aliphatic rings. The van der Waals surface area contributed by atoms with E-state index in [1.54, 1.807) is 0 Å². The molecule has 0 aliphatic heterocycles. The van der Waals surface area contributed by atoms with Crippen LogP contribution in [-0.4, -0.2) is 0 Å². The monoisotopic (exact) mass is 741 g/mol. The maximum atomic E-state index is 2.65. The van der Waals surface area contributed by atoms with E-state index in [0.29, 0.717) is 0 Å². The molecule has 1 saturated carbocycles. The summed E-state index contributed by atoms with van der Waals surface area (Å²) in [4.78, 5) is 2.65. The van der Waals surface area contributed by atoms with Gasteiger partial charge in [0.25, 0.3) is 0 Å². The van der Waals surface area contributed by atoms with Gasteiger partial charge in [-0.3, -0.25) is 0 Å². The zero-order valence-corrected chi connectivity index (χ0v) is 32.5. The first-order valence-corrected chi connectivity index (χ1v) is 21.1. The third-order valence-corrected chi connectivity index (χ3v) is 13.9. The highest BCUT2D eigenvalue weighted by atomic mass is 15.1. The topological polar surface area (TPSA) is 3.24 Å². The molecule has 276 valence electrons. The Balaban J connectivity index is 1.20. The van der Waals surface area contributed by atoms with Crippen molar-refractivity contribution in [2.75, 3.05) is 4.90 Å². The lowest BCUT2D eigenvalue weighted by atomic mass is 9.67. The normalized spacial score (nSPS) is 15.5. The van der Waals surface area contributed by atoms with E-state index in [9.17, 15) is 0 Å². The second-order valence-electron chi connectivity index (χ2n) is 16.6. The lowest BCUT2D eigenvalue weighted by Gasteiger charge is -2.40. The Morgan fingerprint density at radius 3 is 1.67 bits per heavy atom. The van der Waals surface area contributed by atoms with E-state index in [-0.39, 0.29) is 5.41 Å². The van der Waals surface area contributed by atoms with Crippen LogP contribution in [0, 0.1) is 0 Å². The molecule has 1 nitrogen and oxygen atoms in total. The maximum absolute atomic E-state index is 2.65. The molecule has 9 aromatic rings. The molecule has 1 heteroatoms. The van der Waals surface area contributed by atoms with Gasteiger partial charge in [0, 0.05) is 16.5 Å². The van der Waals surface area contributed by atoms with E-state index >= 15 is 0 Å². The van der Waals surface area contributed by atoms with Crippen molar-refractivity contribution in [2.24, 2.45) is 0 Å². The zero-order chi connectivity index (χ0) is 38.3. The molecule has 12 rings (SSSR count). The molecule has 9 aromatic carbocycles. The van der Waals surface area contributed by atoms with E-state index in [4.69, 9.17) is 0 Å². The third kappa shape index (κ3) is 4.59. The fourth-order valence-electron chi connectivity index (χ4n) is 11.6. The van der Waals surface area contributed by atoms with Gasteiger partial charge in [-0.2, -0.15) is 0 Å². The Hall–Kier alpha value is -6.70. The van der Waals surface area contributed by atoms with Gasteiger partial charge in [0.15, 0.2) is 0 Å². The summed E-state index contributed by atoms with van der Waals surface area (Å²) < 4.78 is 0. The Morgan fingerprint density at radius 1 is 0.362 bits per heavy atom. The van der Waals surface area contributed by atoms with E-state index < -0.39 is 5.41 Å². The van der Waals surface area contributed by atoms with E-state index in [0.717, 1.165) is 0 Å². The van der Waals surface area contributed by atoms with Crippen LogP contribution >= 0.6 is 0 Å². The number of anilines is 3. The number of fused-ring (bicyclic) bond motifs is 11. The SMILES string of the molecule is c1ccc(C2(c3ccccc3)c3ccccc3-c3ccc(N(c4cccc5c4C4(CCCCC4)c4ccccc4-5)c4cc5ccccc5c5ccccc45)cc32)cc1. The highest BCUT2D eigenvalue weighted by Gasteiger charge is 2.48. The van der Waals surface area contributed by atoms with Gasteiger partial charge < -0.3 is 4.90 Å². The summed E-state index contributed by atoms with van der Waals surface area (Å²) in [6, 6.07) is 75.7. The van der Waals surface area contributed by atoms with Crippen LogP contribution < -0.4 is 4.90 Å². The largest absolute Gasteiger partial charge is 0.310 e. The minimum Gasteiger partial charge on any atom is -0.310 e. The molecule has 0 radical (unpaired) electrons. The van der Waals surface area contributed by atoms with Crippen molar-refractivity contribution in [3.63, 3.8) is 0 Å². The van der Waals surface area contributed by atoms with Crippen LogP contribution in [-0.2, 0) is 10.8 Å². The van der Waals surface area contributed by atoms with Crippen LogP contribution in [0.4, 0.5) is 17.1 Å². The smallest absolute Gasteiger partial charge is 0.0714 e. The highest BCUT2D eigenvalue weighted by Crippen LogP contribution is 2.61. The summed E-state index contributed by atoms with van der Waals surface area (Å²) in [6.45, 7) is 0. The molecule has 0 unspecified atom stereocenters. The quantitative estimate of drug-likeness (QED) is 0.159. The van der Waals surface area contributed by atoms with Crippen LogP contribution in [0.3, 0.4) is 0 Å². The number of hydrogen-bond donors (Lipinski definition) is 0. The molecule has 0 heterocycles. The van der Waals surface area contributed by atoms with Crippen molar-refractivity contribution in [3.8, 4) is 22.3 Å². The molecule has 0 amide bonds. The predicted octanol–water partition coefficient (Wildman–Crippen LogP) is 15.1. The molecule has 0 aromatic heterocycles. The van der Waals surface area contributed by atoms with Crippen molar-refractivity contribution < 1.29 is 0 Å². The Bertz CT molecular complexity index is 3000. The lowest BCUT2D eigenvalue weighted by molar-refractivity contribution is 0.353. The summed E-state index contributed by atoms with van der Waals surface area (Å²) >= 11 is 0. The number of rotatable bonds is 5. The summed E-state index contributed by atoms with van der Waals surface area (Å²) in [7, 11) is 0. The fraction of sp³-hybridized carbons (Fsp3) is 0.123. The summed E-state index contributed by atoms with van der Waals surface area (Å²) in [5.41, 5.74) is 16.8. The lowest BCUT2D eigenvalue weighted by Crippen LogP contribution is -2.30. The predicted molar refractivity (Wildman–Crippen MR) is 243 cm³/mol. The van der Waals surface area contributed by atoms with Gasteiger partial charge in [0.05, 0.1) is 16.8 Å². The molecule has 1 fully saturated rings. The van der Waals surface area contributed by atoms with Crippen LogP contribution in [0.1, 0.15) is 65.5 Å². The standard InChI is InChI=1S/C57H43N/c1-4-20-40(21-5-1)57(41-22-6-2-7-23-41)51-31-15-13-26-45(51)47-34-33-42(38-52(47)57)58(54-37-39-19-8-9-24-43(39)44-25-10-11-28-48(44)54)53-32-18-29-49-46-27-12-14-30-50(46)56(55(49)53)35-16-3-17-36-56/h1-2,4-15,18-34,37-38H,3,16-17,35-36H2. The molecule has 1 spiro atoms. The fourth-order valence-corrected chi connectivity index (χ4v) is 11.6. The maximum Gasteiger partial charge on any atom is 0.0714 e. The summed E-state index contributed by atoms with van der Waals surface area (Å²) in [5, 5.41) is 5.07. The number of benzene rings is 9. The van der Waals surface area contributed by atoms with Gasteiger partial charge in [-0.15, -0.1) is 0 Å². The van der Waals surface area contributed by atoms with Crippen LogP contribution in [0.25, 0.3) is 43.8 Å². The van der Waals surface area contributed by atoms with Crippen LogP contribution in [0.5, 0.6) is 0 Å². The van der Waals surface area contributed by atoms with Crippen molar-refractivity contribution in [1.82, 2.24) is 0 Å². The van der Waals surface area contributed by atoms with Crippen molar-refractivity contribution >= 4 is 38.6 Å². The highest BCUT2D eigenvalue weighted by molar-refractivity contribution is 6.15. The molecule has 0 bridgehead atoms. The first-order valence-electron chi connectivity index (χ1n) is 21.1. The second-order valence-corrected chi connectivity index (χ2v) is 16.6. The summed E-state index contributed by atoms with van der Waals surface area (Å²) in [6.07, 6.45) is 6.13. The average molecular weight is 742 g/mol.